The lowest BCUT2D eigenvalue weighted by atomic mass is 9.97. The molecule has 154 valence electrons. The van der Waals surface area contributed by atoms with Gasteiger partial charge in [-0.3, -0.25) is 9.36 Å². The number of amides is 1. The minimum atomic E-state index is -0.402. The van der Waals surface area contributed by atoms with Crippen molar-refractivity contribution in [3.63, 3.8) is 0 Å². The van der Waals surface area contributed by atoms with E-state index >= 15 is 0 Å². The number of ether oxygens (including phenoxy) is 1. The van der Waals surface area contributed by atoms with Crippen molar-refractivity contribution in [2.45, 2.75) is 56.2 Å². The molecule has 8 heteroatoms. The maximum Gasteiger partial charge on any atom is 0.348 e. The summed E-state index contributed by atoms with van der Waals surface area (Å²) in [6.45, 7) is 1.31. The van der Waals surface area contributed by atoms with Gasteiger partial charge in [0.05, 0.1) is 18.4 Å². The maximum absolute atomic E-state index is 13.3. The lowest BCUT2D eigenvalue weighted by Gasteiger charge is -2.24. The number of carbonyl (C=O) groups is 1. The van der Waals surface area contributed by atoms with Crippen LogP contribution in [0, 0.1) is 5.82 Å². The molecular weight excluding hydrogens is 393 g/mol. The number of anilines is 1. The highest BCUT2D eigenvalue weighted by Crippen LogP contribution is 2.29. The summed E-state index contributed by atoms with van der Waals surface area (Å²) in [5, 5.41) is 3.32. The summed E-state index contributed by atoms with van der Waals surface area (Å²) in [4.78, 5) is 29.3. The second kappa shape index (κ2) is 9.09. The van der Waals surface area contributed by atoms with Gasteiger partial charge in [-0.1, -0.05) is 17.8 Å². The largest absolute Gasteiger partial charge is 0.376 e. The fraction of sp³-hybridized carbons (Fsp3) is 0.476. The van der Waals surface area contributed by atoms with E-state index < -0.39 is 5.82 Å². The smallest absolute Gasteiger partial charge is 0.348 e. The van der Waals surface area contributed by atoms with Crippen LogP contribution >= 0.6 is 11.8 Å². The van der Waals surface area contributed by atoms with Gasteiger partial charge in [0, 0.05) is 23.6 Å². The summed E-state index contributed by atoms with van der Waals surface area (Å²) in [5.74, 6) is -0.540. The first kappa shape index (κ1) is 20.1. The van der Waals surface area contributed by atoms with Crippen molar-refractivity contribution in [2.24, 2.45) is 0 Å². The van der Waals surface area contributed by atoms with Crippen molar-refractivity contribution in [1.29, 1.82) is 0 Å². The summed E-state index contributed by atoms with van der Waals surface area (Å²) in [7, 11) is 0. The predicted molar refractivity (Wildman–Crippen MR) is 110 cm³/mol. The first-order chi connectivity index (χ1) is 14.1. The standard InChI is InChI=1S/C21H24FN3O3S/c22-14-5-3-6-15(11-14)23-19(26)13-29-20-17-8-1-2-9-18(17)25(21(27)24-20)12-16-7-4-10-28-16/h3,5-6,11,16H,1-2,4,7-10,12-13H2,(H,23,26). The summed E-state index contributed by atoms with van der Waals surface area (Å²) < 4.78 is 20.8. The number of fused-ring (bicyclic) bond motifs is 1. The quantitative estimate of drug-likeness (QED) is 0.577. The summed E-state index contributed by atoms with van der Waals surface area (Å²) in [6.07, 6.45) is 5.89. The number of thioether (sulfide) groups is 1. The molecular formula is C21H24FN3O3S. The zero-order valence-electron chi connectivity index (χ0n) is 16.2. The van der Waals surface area contributed by atoms with Crippen molar-refractivity contribution >= 4 is 23.4 Å². The van der Waals surface area contributed by atoms with E-state index in [1.54, 1.807) is 16.7 Å². The molecule has 0 radical (unpaired) electrons. The Morgan fingerprint density at radius 1 is 1.31 bits per heavy atom. The number of nitrogens with one attached hydrogen (secondary N) is 1. The van der Waals surface area contributed by atoms with Crippen LogP contribution < -0.4 is 11.0 Å². The monoisotopic (exact) mass is 417 g/mol. The topological polar surface area (TPSA) is 73.2 Å². The minimum Gasteiger partial charge on any atom is -0.376 e. The zero-order valence-corrected chi connectivity index (χ0v) is 17.0. The second-order valence-corrected chi connectivity index (χ2v) is 8.39. The lowest BCUT2D eigenvalue weighted by Crippen LogP contribution is -2.34. The first-order valence-electron chi connectivity index (χ1n) is 10.0. The molecule has 1 atom stereocenters. The fourth-order valence-electron chi connectivity index (χ4n) is 3.94. The summed E-state index contributed by atoms with van der Waals surface area (Å²) in [5.41, 5.74) is 2.27. The van der Waals surface area contributed by atoms with Gasteiger partial charge < -0.3 is 10.1 Å². The molecule has 1 aliphatic heterocycles. The number of hydrogen-bond donors (Lipinski definition) is 1. The molecule has 1 aromatic heterocycles. The van der Waals surface area contributed by atoms with Crippen LogP contribution in [0.1, 0.15) is 36.9 Å². The third kappa shape index (κ3) is 4.87. The van der Waals surface area contributed by atoms with Crippen LogP contribution in [0.2, 0.25) is 0 Å². The Bertz CT molecular complexity index is 957. The zero-order chi connectivity index (χ0) is 20.2. The molecule has 2 heterocycles. The predicted octanol–water partition coefficient (Wildman–Crippen LogP) is 3.17. The number of nitrogens with zero attached hydrogens (tertiary/aromatic N) is 2. The van der Waals surface area contributed by atoms with Gasteiger partial charge in [-0.2, -0.15) is 4.98 Å². The minimum absolute atomic E-state index is 0.0797. The van der Waals surface area contributed by atoms with Gasteiger partial charge in [0.2, 0.25) is 5.91 Å². The van der Waals surface area contributed by atoms with Crippen molar-refractivity contribution in [3.05, 3.63) is 51.8 Å². The Balaban J connectivity index is 1.49. The Kier molecular flexibility index (Phi) is 6.30. The van der Waals surface area contributed by atoms with E-state index in [0.29, 0.717) is 17.3 Å². The Morgan fingerprint density at radius 2 is 2.17 bits per heavy atom. The maximum atomic E-state index is 13.3. The molecule has 4 rings (SSSR count). The van der Waals surface area contributed by atoms with Crippen molar-refractivity contribution in [3.8, 4) is 0 Å². The van der Waals surface area contributed by atoms with Crippen LogP contribution in [-0.4, -0.2) is 33.9 Å². The highest BCUT2D eigenvalue weighted by atomic mass is 32.2. The molecule has 1 N–H and O–H groups in total. The first-order valence-corrected chi connectivity index (χ1v) is 11.0. The summed E-state index contributed by atoms with van der Waals surface area (Å²) in [6, 6.07) is 5.78. The number of rotatable bonds is 6. The van der Waals surface area contributed by atoms with E-state index in [1.807, 2.05) is 0 Å². The highest BCUT2D eigenvalue weighted by Gasteiger charge is 2.24. The lowest BCUT2D eigenvalue weighted by molar-refractivity contribution is -0.113. The molecule has 1 aliphatic carbocycles. The molecule has 1 unspecified atom stereocenters. The Hall–Kier alpha value is -2.19. The summed E-state index contributed by atoms with van der Waals surface area (Å²) >= 11 is 1.27. The molecule has 0 saturated carbocycles. The van der Waals surface area contributed by atoms with Gasteiger partial charge in [0.15, 0.2) is 0 Å². The molecule has 0 spiro atoms. The molecule has 0 bridgehead atoms. The fourth-order valence-corrected chi connectivity index (χ4v) is 4.82. The van der Waals surface area contributed by atoms with Gasteiger partial charge in [-0.15, -0.1) is 0 Å². The van der Waals surface area contributed by atoms with Crippen molar-refractivity contribution in [1.82, 2.24) is 9.55 Å². The van der Waals surface area contributed by atoms with E-state index in [1.165, 1.54) is 23.9 Å². The average Bonchev–Trinajstić information content (AvgIpc) is 3.22. The Morgan fingerprint density at radius 3 is 2.97 bits per heavy atom. The molecule has 1 aromatic carbocycles. The highest BCUT2D eigenvalue weighted by molar-refractivity contribution is 8.00. The van der Waals surface area contributed by atoms with Gasteiger partial charge >= 0.3 is 5.69 Å². The number of benzene rings is 1. The van der Waals surface area contributed by atoms with Crippen LogP contribution in [-0.2, 0) is 28.9 Å². The third-order valence-electron chi connectivity index (χ3n) is 5.31. The van der Waals surface area contributed by atoms with E-state index in [4.69, 9.17) is 4.74 Å². The number of aromatic nitrogens is 2. The van der Waals surface area contributed by atoms with Crippen molar-refractivity contribution in [2.75, 3.05) is 17.7 Å². The van der Waals surface area contributed by atoms with Crippen LogP contribution in [0.3, 0.4) is 0 Å². The molecule has 1 saturated heterocycles. The number of carbonyl (C=O) groups excluding carboxylic acids is 1. The van der Waals surface area contributed by atoms with Crippen LogP contribution in [0.25, 0.3) is 0 Å². The SMILES string of the molecule is O=C(CSc1nc(=O)n(CC2CCCO2)c2c1CCCC2)Nc1cccc(F)c1. The molecule has 2 aromatic rings. The van der Waals surface area contributed by atoms with E-state index in [0.717, 1.165) is 56.4 Å². The van der Waals surface area contributed by atoms with E-state index in [2.05, 4.69) is 10.3 Å². The van der Waals surface area contributed by atoms with Crippen molar-refractivity contribution < 1.29 is 13.9 Å². The van der Waals surface area contributed by atoms with Gasteiger partial charge in [0.25, 0.3) is 0 Å². The number of halogens is 1. The van der Waals surface area contributed by atoms with Gasteiger partial charge in [-0.05, 0) is 56.7 Å². The van der Waals surface area contributed by atoms with Crippen LogP contribution in [0.5, 0.6) is 0 Å². The second-order valence-electron chi connectivity index (χ2n) is 7.42. The molecule has 1 fully saturated rings. The van der Waals surface area contributed by atoms with E-state index in [-0.39, 0.29) is 23.5 Å². The van der Waals surface area contributed by atoms with Gasteiger partial charge in [-0.25, -0.2) is 9.18 Å². The molecule has 1 amide bonds. The van der Waals surface area contributed by atoms with Crippen LogP contribution in [0.15, 0.2) is 34.1 Å². The van der Waals surface area contributed by atoms with E-state index in [9.17, 15) is 14.0 Å². The average molecular weight is 418 g/mol. The van der Waals surface area contributed by atoms with Gasteiger partial charge in [0.1, 0.15) is 10.8 Å². The normalized spacial score (nSPS) is 18.4. The molecule has 6 nitrogen and oxygen atoms in total. The molecule has 2 aliphatic rings. The molecule has 29 heavy (non-hydrogen) atoms. The van der Waals surface area contributed by atoms with Crippen LogP contribution in [0.4, 0.5) is 10.1 Å². The Labute approximate surface area is 172 Å². The third-order valence-corrected chi connectivity index (χ3v) is 6.33. The number of hydrogen-bond acceptors (Lipinski definition) is 5.